The molecule has 0 aromatic heterocycles. The van der Waals surface area contributed by atoms with Gasteiger partial charge >= 0.3 is 76.5 Å². The molecule has 0 heterocycles. The van der Waals surface area contributed by atoms with Gasteiger partial charge in [0, 0.05) is 18.8 Å². The van der Waals surface area contributed by atoms with Crippen molar-refractivity contribution in [2.75, 3.05) is 18.8 Å². The van der Waals surface area contributed by atoms with Crippen molar-refractivity contribution >= 4 is 20.1 Å². The first-order valence-electron chi connectivity index (χ1n) is 8.81. The van der Waals surface area contributed by atoms with Crippen molar-refractivity contribution in [2.45, 2.75) is 60.3 Å². The van der Waals surface area contributed by atoms with E-state index in [9.17, 15) is 96.0 Å². The van der Waals surface area contributed by atoms with Crippen molar-refractivity contribution in [2.24, 2.45) is 0 Å². The van der Waals surface area contributed by atoms with Crippen LogP contribution >= 0.6 is 0 Å². The summed E-state index contributed by atoms with van der Waals surface area (Å²) in [5.74, 6) is -53.9. The van der Waals surface area contributed by atoms with E-state index in [4.69, 9.17) is 0 Å². The van der Waals surface area contributed by atoms with Crippen molar-refractivity contribution in [1.29, 1.82) is 0 Å². The molecule has 26 heteroatoms. The van der Waals surface area contributed by atoms with Crippen molar-refractivity contribution in [3.8, 4) is 0 Å². The Hall–Kier alpha value is -0.370. The molecule has 0 fully saturated rings. The van der Waals surface area contributed by atoms with E-state index < -0.39 is 96.7 Å². The predicted molar refractivity (Wildman–Crippen MR) is 86.0 cm³/mol. The molecule has 6 nitrogen and oxygen atoms in total. The number of hydrogen-bond donors (Lipinski definition) is 0. The summed E-state index contributed by atoms with van der Waals surface area (Å²) < 4.78 is 279. The fraction of sp³-hybridized carbons (Fsp3) is 1.00. The van der Waals surface area contributed by atoms with E-state index in [1.807, 2.05) is 0 Å². The van der Waals surface area contributed by atoms with Crippen LogP contribution in [0.3, 0.4) is 0 Å². The second-order valence-corrected chi connectivity index (χ2v) is 10.6. The maximum absolute atomic E-state index is 14.1. The molecule has 0 saturated carbocycles. The third-order valence-corrected chi connectivity index (χ3v) is 7.33. The minimum absolute atomic E-state index is 0. The third kappa shape index (κ3) is 6.37. The Kier molecular flexibility index (Phi) is 11.9. The van der Waals surface area contributed by atoms with Crippen LogP contribution in [0.2, 0.25) is 0 Å². The Morgan fingerprint density at radius 3 is 1.18 bits per heavy atom. The number of sulfonamides is 1. The van der Waals surface area contributed by atoms with E-state index in [2.05, 4.69) is 0 Å². The van der Waals surface area contributed by atoms with E-state index in [0.717, 1.165) is 0 Å². The molecular weight excluding hydrogens is 660 g/mol. The summed E-state index contributed by atoms with van der Waals surface area (Å²) in [7, 11) is -12.8. The van der Waals surface area contributed by atoms with Crippen LogP contribution in [0, 0.1) is 0 Å². The van der Waals surface area contributed by atoms with Gasteiger partial charge in [0.25, 0.3) is 10.0 Å². The molecule has 39 heavy (non-hydrogen) atoms. The largest absolute Gasteiger partial charge is 1.00 e. The first kappa shape index (κ1) is 40.8. The molecule has 0 aliphatic rings. The van der Waals surface area contributed by atoms with Crippen LogP contribution in [-0.2, 0) is 20.1 Å². The van der Waals surface area contributed by atoms with Gasteiger partial charge < -0.3 is 4.55 Å². The summed E-state index contributed by atoms with van der Waals surface area (Å²) >= 11 is 0. The van der Waals surface area contributed by atoms with Crippen LogP contribution < -0.4 is 29.6 Å². The summed E-state index contributed by atoms with van der Waals surface area (Å²) in [4.78, 5) is 0. The van der Waals surface area contributed by atoms with Crippen molar-refractivity contribution in [1.82, 2.24) is 4.31 Å². The molecule has 0 aromatic carbocycles. The summed E-state index contributed by atoms with van der Waals surface area (Å²) in [6.07, 6.45) is -9.27. The summed E-state index contributed by atoms with van der Waals surface area (Å²) in [5.41, 5.74) is 0. The topological polar surface area (TPSA) is 94.6 Å². The standard InChI is InChI=1S/C13H12F17NO5S2.Na/c1-2-31(4-3-5-37(32,33)34)38(35,36)13(29,30)11(24,25)9(20,21)7(16,17)6(14,15)8(18,19)10(22,23)12(26,27)28;/h2-5H2,1H3,(H,32,33,34);/q;+1/p-1. The molecule has 0 atom stereocenters. The van der Waals surface area contributed by atoms with Gasteiger partial charge in [-0.25, -0.2) is 16.8 Å². The molecule has 0 N–H and O–H groups in total. The third-order valence-electron chi connectivity index (χ3n) is 4.51. The van der Waals surface area contributed by atoms with Crippen LogP contribution in [0.15, 0.2) is 0 Å². The molecule has 0 radical (unpaired) electrons. The monoisotopic (exact) mass is 671 g/mol. The Morgan fingerprint density at radius 1 is 0.590 bits per heavy atom. The molecule has 0 saturated heterocycles. The van der Waals surface area contributed by atoms with Crippen LogP contribution in [0.4, 0.5) is 74.6 Å². The van der Waals surface area contributed by atoms with Gasteiger partial charge in [-0.1, -0.05) is 6.92 Å². The van der Waals surface area contributed by atoms with Gasteiger partial charge in [0.2, 0.25) is 0 Å². The van der Waals surface area contributed by atoms with E-state index >= 15 is 0 Å². The van der Waals surface area contributed by atoms with Gasteiger partial charge in [0.1, 0.15) is 0 Å². The number of nitrogens with zero attached hydrogens (tertiary/aromatic N) is 1. The number of hydrogen-bond acceptors (Lipinski definition) is 5. The Balaban J connectivity index is 0. The van der Waals surface area contributed by atoms with E-state index in [1.165, 1.54) is 0 Å². The Morgan fingerprint density at radius 2 is 0.897 bits per heavy atom. The summed E-state index contributed by atoms with van der Waals surface area (Å²) in [6.45, 7) is -2.83. The van der Waals surface area contributed by atoms with Gasteiger partial charge in [0.05, 0.1) is 10.1 Å². The number of halogens is 17. The zero-order chi connectivity index (χ0) is 31.4. The van der Waals surface area contributed by atoms with Crippen molar-refractivity contribution < 1.29 is 126 Å². The van der Waals surface area contributed by atoms with Gasteiger partial charge in [-0.3, -0.25) is 0 Å². The minimum Gasteiger partial charge on any atom is -0.748 e. The van der Waals surface area contributed by atoms with Crippen LogP contribution in [0.5, 0.6) is 0 Å². The zero-order valence-corrected chi connectivity index (χ0v) is 22.2. The molecule has 0 amide bonds. The average Bonchev–Trinajstić information content (AvgIpc) is 2.68. The molecule has 0 aromatic rings. The first-order chi connectivity index (χ1) is 16.2. The van der Waals surface area contributed by atoms with Gasteiger partial charge in [0.15, 0.2) is 0 Å². The van der Waals surface area contributed by atoms with Gasteiger partial charge in [-0.05, 0) is 6.42 Å². The molecule has 0 spiro atoms. The molecule has 0 aliphatic heterocycles. The predicted octanol–water partition coefficient (Wildman–Crippen LogP) is 1.54. The maximum Gasteiger partial charge on any atom is 1.00 e. The zero-order valence-electron chi connectivity index (χ0n) is 18.6. The average molecular weight is 671 g/mol. The molecular formula is C13H11F17NNaO5S2. The maximum atomic E-state index is 14.1. The second-order valence-electron chi connectivity index (χ2n) is 7.07. The van der Waals surface area contributed by atoms with E-state index in [-0.39, 0.29) is 29.6 Å². The fourth-order valence-electron chi connectivity index (χ4n) is 2.34. The molecule has 0 bridgehead atoms. The Bertz CT molecular complexity index is 1080. The van der Waals surface area contributed by atoms with Gasteiger partial charge in [-0.15, -0.1) is 0 Å². The van der Waals surface area contributed by atoms with Crippen molar-refractivity contribution in [3.63, 3.8) is 0 Å². The van der Waals surface area contributed by atoms with E-state index in [1.54, 1.807) is 0 Å². The molecule has 230 valence electrons. The molecule has 0 rings (SSSR count). The van der Waals surface area contributed by atoms with Crippen LogP contribution in [0.1, 0.15) is 13.3 Å². The normalized spacial score (nSPS) is 15.9. The van der Waals surface area contributed by atoms with Gasteiger partial charge in [-0.2, -0.15) is 78.9 Å². The fourth-order valence-corrected chi connectivity index (χ4v) is 4.31. The minimum atomic E-state index is -8.95. The summed E-state index contributed by atoms with van der Waals surface area (Å²) in [5, 5.41) is -7.74. The van der Waals surface area contributed by atoms with Crippen molar-refractivity contribution in [3.05, 3.63) is 0 Å². The smallest absolute Gasteiger partial charge is 0.748 e. The SMILES string of the molecule is CCN(CCCS(=O)(=O)[O-])S(=O)(=O)C(F)(F)C(F)(F)C(F)(F)C(F)(F)C(F)(F)C(F)(F)C(F)(F)C(F)(F)F.[Na+]. The summed E-state index contributed by atoms with van der Waals surface area (Å²) in [6, 6.07) is 0. The Labute approximate surface area is 228 Å². The number of alkyl halides is 17. The quantitative estimate of drug-likeness (QED) is 0.168. The number of rotatable bonds is 13. The van der Waals surface area contributed by atoms with Crippen LogP contribution in [0.25, 0.3) is 0 Å². The molecule has 0 unspecified atom stereocenters. The first-order valence-corrected chi connectivity index (χ1v) is 11.8. The van der Waals surface area contributed by atoms with Crippen LogP contribution in [-0.4, -0.2) is 91.5 Å². The molecule has 0 aliphatic carbocycles. The van der Waals surface area contributed by atoms with E-state index in [0.29, 0.717) is 6.92 Å². The second kappa shape index (κ2) is 11.4.